The predicted molar refractivity (Wildman–Crippen MR) is 66.1 cm³/mol. The first-order valence-electron chi connectivity index (χ1n) is 4.62. The monoisotopic (exact) mass is 223 g/mol. The Hall–Kier alpha value is -1.09. The van der Waals surface area contributed by atoms with Gasteiger partial charge < -0.3 is 0 Å². The van der Waals surface area contributed by atoms with Gasteiger partial charge in [-0.05, 0) is 54.0 Å². The molecule has 1 rings (SSSR count). The van der Waals surface area contributed by atoms with Crippen LogP contribution in [0.25, 0.3) is 0 Å². The van der Waals surface area contributed by atoms with Gasteiger partial charge in [0.25, 0.3) is 0 Å². The Balaban J connectivity index is 2.99. The van der Waals surface area contributed by atoms with E-state index in [9.17, 15) is 4.39 Å². The van der Waals surface area contributed by atoms with Gasteiger partial charge in [0, 0.05) is 7.05 Å². The van der Waals surface area contributed by atoms with Crippen LogP contribution in [0.15, 0.2) is 40.2 Å². The Morgan fingerprint density at radius 1 is 1.33 bits per heavy atom. The first-order chi connectivity index (χ1) is 7.17. The molecule has 3 heteroatoms. The van der Waals surface area contributed by atoms with E-state index < -0.39 is 0 Å². The van der Waals surface area contributed by atoms with Crippen LogP contribution in [0.4, 0.5) is 4.39 Å². The molecule has 1 aromatic rings. The second-order valence-electron chi connectivity index (χ2n) is 3.07. The lowest BCUT2D eigenvalue weighted by Crippen LogP contribution is -1.97. The van der Waals surface area contributed by atoms with Crippen LogP contribution in [0.1, 0.15) is 12.5 Å². The number of halogens is 1. The van der Waals surface area contributed by atoms with Crippen molar-refractivity contribution >= 4 is 17.5 Å². The second-order valence-corrected chi connectivity index (χ2v) is 4.13. The van der Waals surface area contributed by atoms with Gasteiger partial charge >= 0.3 is 0 Å². The topological polar surface area (TPSA) is 12.4 Å². The molecule has 80 valence electrons. The van der Waals surface area contributed by atoms with Gasteiger partial charge in [-0.15, -0.1) is 11.8 Å². The first-order valence-corrected chi connectivity index (χ1v) is 5.85. The van der Waals surface area contributed by atoms with E-state index in [0.29, 0.717) is 0 Å². The summed E-state index contributed by atoms with van der Waals surface area (Å²) in [6, 6.07) is 6.37. The molecule has 1 aromatic carbocycles. The van der Waals surface area contributed by atoms with Crippen molar-refractivity contribution in [3.05, 3.63) is 46.6 Å². The van der Waals surface area contributed by atoms with Crippen LogP contribution in [-0.2, 0) is 0 Å². The van der Waals surface area contributed by atoms with E-state index in [1.165, 1.54) is 17.0 Å². The van der Waals surface area contributed by atoms with Crippen molar-refractivity contribution in [1.82, 2.24) is 0 Å². The van der Waals surface area contributed by atoms with Crippen LogP contribution in [0, 0.1) is 5.82 Å². The van der Waals surface area contributed by atoms with E-state index in [2.05, 4.69) is 4.99 Å². The molecule has 1 nitrogen and oxygen atoms in total. The van der Waals surface area contributed by atoms with E-state index in [0.717, 1.165) is 11.3 Å². The van der Waals surface area contributed by atoms with E-state index in [-0.39, 0.29) is 5.82 Å². The van der Waals surface area contributed by atoms with Crippen LogP contribution >= 0.6 is 11.8 Å². The maximum Gasteiger partial charge on any atom is 0.123 e. The van der Waals surface area contributed by atoms with Crippen molar-refractivity contribution in [2.24, 2.45) is 4.99 Å². The molecule has 0 aliphatic rings. The first kappa shape index (κ1) is 12.0. The van der Waals surface area contributed by atoms with E-state index in [4.69, 9.17) is 0 Å². The number of aliphatic imine (C=N–C) groups is 1. The van der Waals surface area contributed by atoms with Crippen molar-refractivity contribution in [2.75, 3.05) is 13.3 Å². The number of thioether (sulfide) groups is 1. The molecule has 15 heavy (non-hydrogen) atoms. The lowest BCUT2D eigenvalue weighted by atomic mass is 10.1. The molecule has 0 N–H and O–H groups in total. The summed E-state index contributed by atoms with van der Waals surface area (Å²) in [5, 5.41) is 0. The number of benzene rings is 1. The Kier molecular flexibility index (Phi) is 4.56. The van der Waals surface area contributed by atoms with E-state index >= 15 is 0 Å². The summed E-state index contributed by atoms with van der Waals surface area (Å²) < 4.78 is 12.7. The molecule has 0 saturated heterocycles. The van der Waals surface area contributed by atoms with Crippen molar-refractivity contribution in [2.45, 2.75) is 6.92 Å². The van der Waals surface area contributed by atoms with E-state index in [1.54, 1.807) is 30.9 Å². The highest BCUT2D eigenvalue weighted by atomic mass is 32.2. The molecule has 0 fully saturated rings. The summed E-state index contributed by atoms with van der Waals surface area (Å²) in [6.45, 7) is 2.03. The van der Waals surface area contributed by atoms with Gasteiger partial charge in [-0.25, -0.2) is 4.39 Å². The molecule has 0 aliphatic heterocycles. The summed E-state index contributed by atoms with van der Waals surface area (Å²) in [7, 11) is 1.74. The third kappa shape index (κ3) is 3.51. The molecule has 0 aliphatic carbocycles. The molecule has 0 unspecified atom stereocenters. The van der Waals surface area contributed by atoms with Gasteiger partial charge in [-0.3, -0.25) is 4.99 Å². The molecule has 0 heterocycles. The molecule has 0 aromatic heterocycles. The van der Waals surface area contributed by atoms with Gasteiger partial charge in [0.05, 0.1) is 5.71 Å². The fourth-order valence-electron chi connectivity index (χ4n) is 1.15. The van der Waals surface area contributed by atoms with Crippen molar-refractivity contribution in [3.8, 4) is 0 Å². The van der Waals surface area contributed by atoms with Crippen molar-refractivity contribution < 1.29 is 4.39 Å². The average molecular weight is 223 g/mol. The molecule has 0 bridgehead atoms. The Labute approximate surface area is 94.1 Å². The smallest absolute Gasteiger partial charge is 0.123 e. The third-order valence-corrected chi connectivity index (χ3v) is 2.80. The van der Waals surface area contributed by atoms with Crippen LogP contribution < -0.4 is 0 Å². The summed E-state index contributed by atoms with van der Waals surface area (Å²) in [5.74, 6) is -0.222. The highest BCUT2D eigenvalue weighted by Crippen LogP contribution is 2.13. The minimum Gasteiger partial charge on any atom is -0.288 e. The number of nitrogens with zero attached hydrogens (tertiary/aromatic N) is 1. The molecule has 0 atom stereocenters. The predicted octanol–water partition coefficient (Wildman–Crippen LogP) is 3.51. The summed E-state index contributed by atoms with van der Waals surface area (Å²) in [6.07, 6.45) is 4.02. The Morgan fingerprint density at radius 2 is 1.93 bits per heavy atom. The molecule has 0 radical (unpaired) electrons. The highest BCUT2D eigenvalue weighted by Gasteiger charge is 2.00. The van der Waals surface area contributed by atoms with Crippen LogP contribution in [0.3, 0.4) is 0 Å². The van der Waals surface area contributed by atoms with Gasteiger partial charge in [0.15, 0.2) is 0 Å². The fraction of sp³-hybridized carbons (Fsp3) is 0.250. The third-order valence-electron chi connectivity index (χ3n) is 2.04. The van der Waals surface area contributed by atoms with Crippen molar-refractivity contribution in [1.29, 1.82) is 0 Å². The number of allylic oxidation sites excluding steroid dienone is 2. The zero-order valence-corrected chi connectivity index (χ0v) is 9.94. The number of rotatable bonds is 3. The lowest BCUT2D eigenvalue weighted by Gasteiger charge is -2.02. The van der Waals surface area contributed by atoms with Crippen LogP contribution in [0.5, 0.6) is 0 Å². The van der Waals surface area contributed by atoms with Gasteiger partial charge in [0.1, 0.15) is 5.82 Å². The lowest BCUT2D eigenvalue weighted by molar-refractivity contribution is 0.628. The summed E-state index contributed by atoms with van der Waals surface area (Å²) >= 11 is 1.67. The summed E-state index contributed by atoms with van der Waals surface area (Å²) in [4.78, 5) is 5.36. The zero-order chi connectivity index (χ0) is 11.3. The largest absolute Gasteiger partial charge is 0.288 e. The van der Waals surface area contributed by atoms with Gasteiger partial charge in [-0.1, -0.05) is 0 Å². The second kappa shape index (κ2) is 5.71. The SMILES string of the molecule is CN=C(/C=C(\C)SC)c1ccc(F)cc1. The maximum atomic E-state index is 12.7. The normalized spacial score (nSPS) is 13.1. The van der Waals surface area contributed by atoms with Crippen LogP contribution in [-0.4, -0.2) is 19.0 Å². The minimum atomic E-state index is -0.222. The quantitative estimate of drug-likeness (QED) is 0.714. The minimum absolute atomic E-state index is 0.222. The highest BCUT2D eigenvalue weighted by molar-refractivity contribution is 8.02. The standard InChI is InChI=1S/C12H14FNS/c1-9(15-3)8-12(14-2)10-4-6-11(13)7-5-10/h4-8H,1-3H3/b9-8+,14-12?. The zero-order valence-electron chi connectivity index (χ0n) is 9.12. The van der Waals surface area contributed by atoms with E-state index in [1.807, 2.05) is 19.3 Å². The molecule has 0 amide bonds. The van der Waals surface area contributed by atoms with Gasteiger partial charge in [0.2, 0.25) is 0 Å². The Morgan fingerprint density at radius 3 is 2.40 bits per heavy atom. The molecule has 0 saturated carbocycles. The molecule has 0 spiro atoms. The van der Waals surface area contributed by atoms with Crippen LogP contribution in [0.2, 0.25) is 0 Å². The summed E-state index contributed by atoms with van der Waals surface area (Å²) in [5.41, 5.74) is 1.81. The maximum absolute atomic E-state index is 12.7. The fourth-order valence-corrected chi connectivity index (χ4v) is 1.38. The molecular formula is C12H14FNS. The number of hydrogen-bond donors (Lipinski definition) is 0. The Bertz CT molecular complexity index is 379. The van der Waals surface area contributed by atoms with Gasteiger partial charge in [-0.2, -0.15) is 0 Å². The molecular weight excluding hydrogens is 209 g/mol. The average Bonchev–Trinajstić information content (AvgIpc) is 2.27. The van der Waals surface area contributed by atoms with Crippen molar-refractivity contribution in [3.63, 3.8) is 0 Å². The number of hydrogen-bond acceptors (Lipinski definition) is 2.